The van der Waals surface area contributed by atoms with Gasteiger partial charge in [-0.25, -0.2) is 0 Å². The Bertz CT molecular complexity index is 887. The van der Waals surface area contributed by atoms with Crippen LogP contribution in [0, 0.1) is 5.92 Å². The molecule has 2 aromatic rings. The van der Waals surface area contributed by atoms with Crippen LogP contribution >= 0.6 is 0 Å². The van der Waals surface area contributed by atoms with E-state index in [2.05, 4.69) is 18.3 Å². The second kappa shape index (κ2) is 8.68. The van der Waals surface area contributed by atoms with Crippen LogP contribution in [-0.2, 0) is 17.8 Å². The van der Waals surface area contributed by atoms with E-state index in [0.29, 0.717) is 18.7 Å². The fourth-order valence-corrected chi connectivity index (χ4v) is 3.65. The van der Waals surface area contributed by atoms with Crippen LogP contribution in [0.5, 0.6) is 5.75 Å². The molecule has 2 amide bonds. The van der Waals surface area contributed by atoms with Crippen LogP contribution in [0.25, 0.3) is 0 Å². The largest absolute Gasteiger partial charge is 0.494 e. The van der Waals surface area contributed by atoms with Gasteiger partial charge in [-0.1, -0.05) is 19.4 Å². The van der Waals surface area contributed by atoms with E-state index in [1.54, 1.807) is 12.1 Å². The van der Waals surface area contributed by atoms with Crippen LogP contribution in [0.2, 0.25) is 0 Å². The highest BCUT2D eigenvalue weighted by molar-refractivity contribution is 6.04. The van der Waals surface area contributed by atoms with Crippen molar-refractivity contribution >= 4 is 17.5 Å². The van der Waals surface area contributed by atoms with Crippen molar-refractivity contribution in [2.45, 2.75) is 45.6 Å². The average molecular weight is 392 g/mol. The summed E-state index contributed by atoms with van der Waals surface area (Å²) < 4.78 is 5.65. The first-order valence-corrected chi connectivity index (χ1v) is 10.6. The lowest BCUT2D eigenvalue weighted by atomic mass is 9.98. The van der Waals surface area contributed by atoms with Crippen LogP contribution in [0.3, 0.4) is 0 Å². The van der Waals surface area contributed by atoms with Crippen molar-refractivity contribution in [3.63, 3.8) is 0 Å². The van der Waals surface area contributed by atoms with Crippen molar-refractivity contribution in [3.05, 3.63) is 59.2 Å². The molecule has 0 radical (unpaired) electrons. The summed E-state index contributed by atoms with van der Waals surface area (Å²) in [6, 6.07) is 13.2. The number of rotatable bonds is 7. The molecular weight excluding hydrogens is 364 g/mol. The molecule has 2 aromatic carbocycles. The Labute approximate surface area is 172 Å². The molecule has 0 aromatic heterocycles. The third-order valence-electron chi connectivity index (χ3n) is 5.60. The quantitative estimate of drug-likeness (QED) is 0.710. The predicted octanol–water partition coefficient (Wildman–Crippen LogP) is 4.41. The van der Waals surface area contributed by atoms with E-state index in [4.69, 9.17) is 4.74 Å². The normalized spacial score (nSPS) is 15.6. The number of unbranched alkanes of at least 4 members (excludes halogenated alkanes) is 1. The maximum absolute atomic E-state index is 12.6. The van der Waals surface area contributed by atoms with Gasteiger partial charge in [-0.05, 0) is 73.2 Å². The fraction of sp³-hybridized carbons (Fsp3) is 0.417. The molecule has 0 atom stereocenters. The number of fused-ring (bicyclic) bond motifs is 1. The first kappa shape index (κ1) is 19.5. The summed E-state index contributed by atoms with van der Waals surface area (Å²) in [6.45, 7) is 4.25. The zero-order valence-corrected chi connectivity index (χ0v) is 16.9. The van der Waals surface area contributed by atoms with E-state index in [1.165, 1.54) is 5.56 Å². The van der Waals surface area contributed by atoms with Gasteiger partial charge in [0.1, 0.15) is 5.75 Å². The molecule has 0 bridgehead atoms. The lowest BCUT2D eigenvalue weighted by molar-refractivity contribution is -0.133. The average Bonchev–Trinajstić information content (AvgIpc) is 3.59. The molecule has 0 unspecified atom stereocenters. The van der Waals surface area contributed by atoms with Gasteiger partial charge in [0, 0.05) is 30.3 Å². The van der Waals surface area contributed by atoms with Crippen LogP contribution in [0.1, 0.15) is 54.1 Å². The molecule has 1 N–H and O–H groups in total. The Kier molecular flexibility index (Phi) is 5.84. The number of nitrogens with one attached hydrogen (secondary N) is 1. The lowest BCUT2D eigenvalue weighted by Gasteiger charge is -2.29. The summed E-state index contributed by atoms with van der Waals surface area (Å²) >= 11 is 0. The maximum Gasteiger partial charge on any atom is 0.255 e. The van der Waals surface area contributed by atoms with Crippen molar-refractivity contribution in [1.82, 2.24) is 4.90 Å². The van der Waals surface area contributed by atoms with Crippen molar-refractivity contribution in [2.24, 2.45) is 5.92 Å². The summed E-state index contributed by atoms with van der Waals surface area (Å²) in [5.74, 6) is 1.16. The number of nitrogens with zero attached hydrogens (tertiary/aromatic N) is 1. The number of hydrogen-bond donors (Lipinski definition) is 1. The molecular formula is C24H28N2O3. The van der Waals surface area contributed by atoms with Crippen molar-refractivity contribution in [1.29, 1.82) is 0 Å². The monoisotopic (exact) mass is 392 g/mol. The van der Waals surface area contributed by atoms with Crippen LogP contribution < -0.4 is 10.1 Å². The molecule has 1 heterocycles. The minimum atomic E-state index is -0.146. The molecule has 4 rings (SSSR count). The second-order valence-electron chi connectivity index (χ2n) is 7.95. The molecule has 5 nitrogen and oxygen atoms in total. The van der Waals surface area contributed by atoms with Crippen LogP contribution in [-0.4, -0.2) is 29.9 Å². The van der Waals surface area contributed by atoms with Crippen molar-refractivity contribution in [2.75, 3.05) is 18.5 Å². The van der Waals surface area contributed by atoms with Crippen LogP contribution in [0.15, 0.2) is 42.5 Å². The predicted molar refractivity (Wildman–Crippen MR) is 113 cm³/mol. The standard InChI is InChI=1S/C24H28N2O3/c1-2-3-14-29-22-10-7-18(8-11-22)23(27)25-21-9-6-17-12-13-26(16-20(17)15-21)24(28)19-4-5-19/h6-11,15,19H,2-5,12-14,16H2,1H3,(H,25,27). The topological polar surface area (TPSA) is 58.6 Å². The number of hydrogen-bond acceptors (Lipinski definition) is 3. The number of anilines is 1. The molecule has 1 aliphatic carbocycles. The van der Waals surface area contributed by atoms with E-state index < -0.39 is 0 Å². The minimum Gasteiger partial charge on any atom is -0.494 e. The fourth-order valence-electron chi connectivity index (χ4n) is 3.65. The van der Waals surface area contributed by atoms with Gasteiger partial charge in [-0.15, -0.1) is 0 Å². The highest BCUT2D eigenvalue weighted by atomic mass is 16.5. The first-order chi connectivity index (χ1) is 14.1. The molecule has 1 fully saturated rings. The van der Waals surface area contributed by atoms with Gasteiger partial charge in [-0.2, -0.15) is 0 Å². The molecule has 2 aliphatic rings. The van der Waals surface area contributed by atoms with Gasteiger partial charge < -0.3 is 15.0 Å². The lowest BCUT2D eigenvalue weighted by Crippen LogP contribution is -2.36. The number of ether oxygens (including phenoxy) is 1. The third kappa shape index (κ3) is 4.78. The first-order valence-electron chi connectivity index (χ1n) is 10.6. The second-order valence-corrected chi connectivity index (χ2v) is 7.95. The van der Waals surface area contributed by atoms with Gasteiger partial charge in [0.15, 0.2) is 0 Å². The van der Waals surface area contributed by atoms with E-state index in [-0.39, 0.29) is 17.7 Å². The maximum atomic E-state index is 12.6. The summed E-state index contributed by atoms with van der Waals surface area (Å²) in [4.78, 5) is 26.9. The minimum absolute atomic E-state index is 0.146. The van der Waals surface area contributed by atoms with Crippen molar-refractivity contribution in [3.8, 4) is 5.75 Å². The number of carbonyl (C=O) groups excluding carboxylic acids is 2. The molecule has 1 saturated carbocycles. The summed E-state index contributed by atoms with van der Waals surface area (Å²) in [5.41, 5.74) is 3.74. The SMILES string of the molecule is CCCCOc1ccc(C(=O)Nc2ccc3c(c2)CN(C(=O)C2CC2)CC3)cc1. The van der Waals surface area contributed by atoms with Crippen LogP contribution in [0.4, 0.5) is 5.69 Å². The highest BCUT2D eigenvalue weighted by Crippen LogP contribution is 2.33. The van der Waals surface area contributed by atoms with Crippen molar-refractivity contribution < 1.29 is 14.3 Å². The molecule has 29 heavy (non-hydrogen) atoms. The van der Waals surface area contributed by atoms with Gasteiger partial charge in [0.2, 0.25) is 5.91 Å². The zero-order valence-electron chi connectivity index (χ0n) is 16.9. The Morgan fingerprint density at radius 2 is 1.90 bits per heavy atom. The molecule has 152 valence electrons. The number of benzene rings is 2. The van der Waals surface area contributed by atoms with E-state index in [1.807, 2.05) is 29.2 Å². The summed E-state index contributed by atoms with van der Waals surface area (Å²) in [6.07, 6.45) is 5.04. The van der Waals surface area contributed by atoms with E-state index in [0.717, 1.165) is 55.6 Å². The molecule has 1 aliphatic heterocycles. The Morgan fingerprint density at radius 1 is 1.10 bits per heavy atom. The van der Waals surface area contributed by atoms with Gasteiger partial charge >= 0.3 is 0 Å². The Balaban J connectivity index is 1.38. The van der Waals surface area contributed by atoms with Gasteiger partial charge in [0.25, 0.3) is 5.91 Å². The van der Waals surface area contributed by atoms with Gasteiger partial charge in [-0.3, -0.25) is 9.59 Å². The van der Waals surface area contributed by atoms with E-state index in [9.17, 15) is 9.59 Å². The third-order valence-corrected chi connectivity index (χ3v) is 5.60. The Hall–Kier alpha value is -2.82. The smallest absolute Gasteiger partial charge is 0.255 e. The Morgan fingerprint density at radius 3 is 2.62 bits per heavy atom. The summed E-state index contributed by atoms with van der Waals surface area (Å²) in [5, 5.41) is 2.98. The number of amides is 2. The highest BCUT2D eigenvalue weighted by Gasteiger charge is 2.34. The number of carbonyl (C=O) groups is 2. The van der Waals surface area contributed by atoms with E-state index >= 15 is 0 Å². The molecule has 0 saturated heterocycles. The molecule has 5 heteroatoms. The van der Waals surface area contributed by atoms with Gasteiger partial charge in [0.05, 0.1) is 6.61 Å². The molecule has 0 spiro atoms. The summed E-state index contributed by atoms with van der Waals surface area (Å²) in [7, 11) is 0. The zero-order chi connectivity index (χ0) is 20.2.